The number of nitrogens with zero attached hydrogens (tertiary/aromatic N) is 4. The first kappa shape index (κ1) is 12.5. The van der Waals surface area contributed by atoms with Crippen molar-refractivity contribution in [1.29, 1.82) is 0 Å². The Bertz CT molecular complexity index is 436. The van der Waals surface area contributed by atoms with Gasteiger partial charge in [-0.1, -0.05) is 0 Å². The van der Waals surface area contributed by atoms with Crippen molar-refractivity contribution in [3.05, 3.63) is 22.5 Å². The van der Waals surface area contributed by atoms with Crippen LogP contribution in [0.1, 0.15) is 6.42 Å². The molecule has 1 saturated heterocycles. The Balaban J connectivity index is 1.94. The van der Waals surface area contributed by atoms with Gasteiger partial charge in [0, 0.05) is 19.6 Å². The summed E-state index contributed by atoms with van der Waals surface area (Å²) in [5, 5.41) is 17.5. The smallest absolute Gasteiger partial charge is 0.307 e. The molecule has 1 aromatic rings. The predicted molar refractivity (Wildman–Crippen MR) is 62.9 cm³/mol. The first-order chi connectivity index (χ1) is 8.66. The van der Waals surface area contributed by atoms with Gasteiger partial charge in [0.1, 0.15) is 18.9 Å². The molecule has 1 aromatic heterocycles. The molecule has 8 heteroatoms. The topological polar surface area (TPSA) is 93.3 Å². The Morgan fingerprint density at radius 2 is 2.33 bits per heavy atom. The lowest BCUT2D eigenvalue weighted by atomic mass is 10.4. The molecule has 1 aliphatic rings. The molecule has 0 aromatic carbocycles. The Morgan fingerprint density at radius 3 is 3.06 bits per heavy atom. The highest BCUT2D eigenvalue weighted by atomic mass is 16.6. The van der Waals surface area contributed by atoms with Gasteiger partial charge in [-0.15, -0.1) is 0 Å². The molecule has 18 heavy (non-hydrogen) atoms. The number of amides is 1. The van der Waals surface area contributed by atoms with E-state index in [1.165, 1.54) is 10.9 Å². The third-order valence-electron chi connectivity index (χ3n) is 2.82. The van der Waals surface area contributed by atoms with Crippen LogP contribution in [0.4, 0.5) is 5.69 Å². The van der Waals surface area contributed by atoms with Gasteiger partial charge in [0.05, 0.1) is 4.92 Å². The van der Waals surface area contributed by atoms with Crippen LogP contribution in [-0.2, 0) is 11.3 Å². The number of nitrogens with one attached hydrogen (secondary N) is 1. The molecular formula is C10H15N5O3. The molecule has 2 heterocycles. The fraction of sp³-hybridized carbons (Fsp3) is 0.600. The summed E-state index contributed by atoms with van der Waals surface area (Å²) in [6.45, 7) is 3.13. The maximum absolute atomic E-state index is 12.0. The zero-order valence-electron chi connectivity index (χ0n) is 9.91. The van der Waals surface area contributed by atoms with E-state index < -0.39 is 4.92 Å². The zero-order chi connectivity index (χ0) is 13.0. The highest BCUT2D eigenvalue weighted by molar-refractivity contribution is 5.76. The summed E-state index contributed by atoms with van der Waals surface area (Å²) in [5.41, 5.74) is -0.0969. The van der Waals surface area contributed by atoms with Crippen LogP contribution < -0.4 is 5.32 Å². The average Bonchev–Trinajstić information content (AvgIpc) is 2.64. The van der Waals surface area contributed by atoms with Gasteiger partial charge in [0.25, 0.3) is 0 Å². The normalized spacial score (nSPS) is 16.3. The van der Waals surface area contributed by atoms with Crippen molar-refractivity contribution in [2.75, 3.05) is 26.2 Å². The second-order valence-electron chi connectivity index (χ2n) is 4.14. The summed E-state index contributed by atoms with van der Waals surface area (Å²) in [6.07, 6.45) is 3.34. The van der Waals surface area contributed by atoms with Crippen molar-refractivity contribution >= 4 is 11.6 Å². The number of nitro groups is 1. The molecular weight excluding hydrogens is 238 g/mol. The van der Waals surface area contributed by atoms with Gasteiger partial charge in [-0.25, -0.2) is 0 Å². The summed E-state index contributed by atoms with van der Waals surface area (Å²) in [6, 6.07) is 0. The second kappa shape index (κ2) is 5.58. The standard InChI is InChI=1S/C10H15N5O3/c16-10(13-4-1-2-11-3-5-13)8-14-7-9(6-12-14)15(17)18/h6-7,11H,1-5,8H2. The van der Waals surface area contributed by atoms with Crippen molar-refractivity contribution in [2.45, 2.75) is 13.0 Å². The van der Waals surface area contributed by atoms with Crippen LogP contribution in [0.25, 0.3) is 0 Å². The molecule has 1 aliphatic heterocycles. The summed E-state index contributed by atoms with van der Waals surface area (Å²) < 4.78 is 1.30. The van der Waals surface area contributed by atoms with Gasteiger partial charge in [-0.2, -0.15) is 5.10 Å². The minimum Gasteiger partial charge on any atom is -0.340 e. The van der Waals surface area contributed by atoms with Gasteiger partial charge in [0.15, 0.2) is 0 Å². The summed E-state index contributed by atoms with van der Waals surface area (Å²) in [5.74, 6) is -0.0586. The lowest BCUT2D eigenvalue weighted by Gasteiger charge is -2.19. The third-order valence-corrected chi connectivity index (χ3v) is 2.82. The maximum Gasteiger partial charge on any atom is 0.307 e. The monoisotopic (exact) mass is 253 g/mol. The van der Waals surface area contributed by atoms with Crippen molar-refractivity contribution in [3.63, 3.8) is 0 Å². The largest absolute Gasteiger partial charge is 0.340 e. The Hall–Kier alpha value is -1.96. The van der Waals surface area contributed by atoms with E-state index in [1.807, 2.05) is 0 Å². The number of carbonyl (C=O) groups excluding carboxylic acids is 1. The molecule has 8 nitrogen and oxygen atoms in total. The van der Waals surface area contributed by atoms with Crippen molar-refractivity contribution < 1.29 is 9.72 Å². The highest BCUT2D eigenvalue weighted by Crippen LogP contribution is 2.08. The number of rotatable bonds is 3. The van der Waals surface area contributed by atoms with E-state index in [4.69, 9.17) is 0 Å². The third kappa shape index (κ3) is 3.04. The first-order valence-corrected chi connectivity index (χ1v) is 5.82. The van der Waals surface area contributed by atoms with Gasteiger partial charge >= 0.3 is 5.69 Å². The number of aromatic nitrogens is 2. The molecule has 0 atom stereocenters. The minimum absolute atomic E-state index is 0.0494. The average molecular weight is 253 g/mol. The quantitative estimate of drug-likeness (QED) is 0.585. The van der Waals surface area contributed by atoms with Crippen LogP contribution in [0.15, 0.2) is 12.4 Å². The number of hydrogen-bond donors (Lipinski definition) is 1. The van der Waals surface area contributed by atoms with E-state index >= 15 is 0 Å². The van der Waals surface area contributed by atoms with E-state index in [-0.39, 0.29) is 18.1 Å². The van der Waals surface area contributed by atoms with E-state index in [1.54, 1.807) is 4.90 Å². The van der Waals surface area contributed by atoms with Crippen LogP contribution in [-0.4, -0.2) is 51.7 Å². The molecule has 0 spiro atoms. The van der Waals surface area contributed by atoms with Crippen LogP contribution in [0.2, 0.25) is 0 Å². The van der Waals surface area contributed by atoms with E-state index in [0.717, 1.165) is 32.3 Å². The van der Waals surface area contributed by atoms with Gasteiger partial charge in [0.2, 0.25) is 5.91 Å². The Kier molecular flexibility index (Phi) is 3.88. The number of carbonyl (C=O) groups is 1. The second-order valence-corrected chi connectivity index (χ2v) is 4.14. The lowest BCUT2D eigenvalue weighted by Crippen LogP contribution is -2.36. The van der Waals surface area contributed by atoms with Crippen LogP contribution in [0, 0.1) is 10.1 Å². The predicted octanol–water partition coefficient (Wildman–Crippen LogP) is -0.387. The molecule has 0 unspecified atom stereocenters. The van der Waals surface area contributed by atoms with E-state index in [0.29, 0.717) is 6.54 Å². The van der Waals surface area contributed by atoms with Crippen molar-refractivity contribution in [1.82, 2.24) is 20.0 Å². The molecule has 0 bridgehead atoms. The van der Waals surface area contributed by atoms with E-state index in [9.17, 15) is 14.9 Å². The molecule has 2 rings (SSSR count). The van der Waals surface area contributed by atoms with Crippen LogP contribution in [0.3, 0.4) is 0 Å². The fourth-order valence-electron chi connectivity index (χ4n) is 1.87. The molecule has 1 amide bonds. The summed E-state index contributed by atoms with van der Waals surface area (Å²) in [4.78, 5) is 23.7. The highest BCUT2D eigenvalue weighted by Gasteiger charge is 2.17. The lowest BCUT2D eigenvalue weighted by molar-refractivity contribution is -0.385. The fourth-order valence-corrected chi connectivity index (χ4v) is 1.87. The van der Waals surface area contributed by atoms with Gasteiger partial charge in [-0.05, 0) is 13.0 Å². The minimum atomic E-state index is -0.524. The molecule has 0 saturated carbocycles. The van der Waals surface area contributed by atoms with Crippen molar-refractivity contribution in [2.24, 2.45) is 0 Å². The first-order valence-electron chi connectivity index (χ1n) is 5.82. The van der Waals surface area contributed by atoms with Gasteiger partial charge < -0.3 is 10.2 Å². The molecule has 1 fully saturated rings. The molecule has 0 radical (unpaired) electrons. The maximum atomic E-state index is 12.0. The Labute approximate surface area is 104 Å². The summed E-state index contributed by atoms with van der Waals surface area (Å²) in [7, 11) is 0. The zero-order valence-corrected chi connectivity index (χ0v) is 9.91. The molecule has 0 aliphatic carbocycles. The van der Waals surface area contributed by atoms with Gasteiger partial charge in [-0.3, -0.25) is 19.6 Å². The molecule has 98 valence electrons. The van der Waals surface area contributed by atoms with Crippen LogP contribution in [0.5, 0.6) is 0 Å². The van der Waals surface area contributed by atoms with Crippen molar-refractivity contribution in [3.8, 4) is 0 Å². The Morgan fingerprint density at radius 1 is 1.50 bits per heavy atom. The van der Waals surface area contributed by atoms with E-state index in [2.05, 4.69) is 10.4 Å². The molecule has 1 N–H and O–H groups in total. The summed E-state index contributed by atoms with van der Waals surface area (Å²) >= 11 is 0. The SMILES string of the molecule is O=C(Cn1cc([N+](=O)[O-])cn1)N1CCCNCC1. The van der Waals surface area contributed by atoms with Crippen LogP contribution >= 0.6 is 0 Å². The number of hydrogen-bond acceptors (Lipinski definition) is 5.